The van der Waals surface area contributed by atoms with Crippen molar-refractivity contribution in [3.63, 3.8) is 0 Å². The summed E-state index contributed by atoms with van der Waals surface area (Å²) in [6.07, 6.45) is 3.90. The summed E-state index contributed by atoms with van der Waals surface area (Å²) in [5, 5.41) is 15.3. The average Bonchev–Trinajstić information content (AvgIpc) is 2.54. The van der Waals surface area contributed by atoms with Crippen LogP contribution in [0, 0.1) is 0 Å². The molecule has 1 aliphatic rings. The molecule has 0 radical (unpaired) electrons. The molecule has 122 valence electrons. The second-order valence-corrected chi connectivity index (χ2v) is 6.64. The van der Waals surface area contributed by atoms with E-state index in [2.05, 4.69) is 24.3 Å². The number of allylic oxidation sites excluding steroid dienone is 1. The smallest absolute Gasteiger partial charge is 0.187 e. The number of nitrogens with zero attached hydrogens (tertiary/aromatic N) is 1. The van der Waals surface area contributed by atoms with E-state index >= 15 is 0 Å². The van der Waals surface area contributed by atoms with Gasteiger partial charge in [0.1, 0.15) is 0 Å². The lowest BCUT2D eigenvalue weighted by Gasteiger charge is -2.35. The first-order valence-electron chi connectivity index (χ1n) is 7.88. The van der Waals surface area contributed by atoms with Gasteiger partial charge in [0.2, 0.25) is 0 Å². The number of rotatable bonds is 3. The van der Waals surface area contributed by atoms with E-state index in [1.807, 2.05) is 48.5 Å². The third-order valence-corrected chi connectivity index (χ3v) is 4.07. The Labute approximate surface area is 141 Å². The van der Waals surface area contributed by atoms with E-state index in [0.717, 1.165) is 28.8 Å². The lowest BCUT2D eigenvalue weighted by Crippen LogP contribution is -2.43. The van der Waals surface area contributed by atoms with Gasteiger partial charge in [0.25, 0.3) is 0 Å². The number of carbonyl (C=O) groups is 1. The predicted octanol–water partition coefficient (Wildman–Crippen LogP) is 3.64. The summed E-state index contributed by atoms with van der Waals surface area (Å²) in [5.41, 5.74) is 4.30. The van der Waals surface area contributed by atoms with E-state index in [9.17, 15) is 4.79 Å². The first kappa shape index (κ1) is 16.0. The summed E-state index contributed by atoms with van der Waals surface area (Å²) in [5.74, 6) is -0.0252. The van der Waals surface area contributed by atoms with Crippen LogP contribution in [0.3, 0.4) is 0 Å². The molecule has 0 saturated carbocycles. The molecule has 3 rings (SSSR count). The Hall–Kier alpha value is -2.88. The van der Waals surface area contributed by atoms with Crippen LogP contribution in [0.2, 0.25) is 0 Å². The molecular formula is C20H20N2O2. The Morgan fingerprint density at radius 2 is 1.96 bits per heavy atom. The van der Waals surface area contributed by atoms with Crippen LogP contribution in [0.15, 0.2) is 59.8 Å². The van der Waals surface area contributed by atoms with E-state index in [0.29, 0.717) is 5.56 Å². The van der Waals surface area contributed by atoms with Crippen molar-refractivity contribution >= 4 is 17.7 Å². The number of nitrogens with one attached hydrogen (secondary N) is 1. The highest BCUT2D eigenvalue weighted by Crippen LogP contribution is 2.30. The third-order valence-electron chi connectivity index (χ3n) is 4.07. The zero-order valence-electron chi connectivity index (χ0n) is 13.8. The van der Waals surface area contributed by atoms with Crippen LogP contribution < -0.4 is 5.32 Å². The lowest BCUT2D eigenvalue weighted by molar-refractivity contribution is 0.104. The number of carbonyl (C=O) groups excluding carboxylic acids is 1. The molecule has 0 fully saturated rings. The summed E-state index contributed by atoms with van der Waals surface area (Å²) in [4.78, 5) is 12.5. The van der Waals surface area contributed by atoms with Crippen molar-refractivity contribution < 1.29 is 10.0 Å². The van der Waals surface area contributed by atoms with Gasteiger partial charge in [0.15, 0.2) is 5.78 Å². The summed E-state index contributed by atoms with van der Waals surface area (Å²) in [6.45, 7) is 4.20. The molecule has 2 aromatic carbocycles. The normalized spacial score (nSPS) is 17.5. The van der Waals surface area contributed by atoms with Crippen molar-refractivity contribution in [2.45, 2.75) is 25.8 Å². The molecule has 0 unspecified atom stereocenters. The molecular weight excluding hydrogens is 300 g/mol. The number of fused-ring (bicyclic) bond motifs is 1. The highest BCUT2D eigenvalue weighted by Gasteiger charge is 2.28. The number of hydrogen-bond donors (Lipinski definition) is 2. The molecule has 0 bridgehead atoms. The van der Waals surface area contributed by atoms with Gasteiger partial charge in [-0.2, -0.15) is 0 Å². The predicted molar refractivity (Wildman–Crippen MR) is 95.5 cm³/mol. The lowest BCUT2D eigenvalue weighted by atomic mass is 9.84. The fraction of sp³-hybridized carbons (Fsp3) is 0.200. The molecule has 4 nitrogen and oxygen atoms in total. The first-order chi connectivity index (χ1) is 11.5. The quantitative estimate of drug-likeness (QED) is 0.298. The minimum Gasteiger partial charge on any atom is -0.411 e. The molecule has 4 heteroatoms. The summed E-state index contributed by atoms with van der Waals surface area (Å²) >= 11 is 0. The summed E-state index contributed by atoms with van der Waals surface area (Å²) in [7, 11) is 0. The van der Waals surface area contributed by atoms with Crippen molar-refractivity contribution in [3.8, 4) is 0 Å². The Morgan fingerprint density at radius 3 is 2.67 bits per heavy atom. The van der Waals surface area contributed by atoms with E-state index in [1.54, 1.807) is 6.08 Å². The van der Waals surface area contributed by atoms with Crippen LogP contribution in [-0.2, 0) is 6.42 Å². The Balaban J connectivity index is 2.03. The highest BCUT2D eigenvalue weighted by atomic mass is 16.4. The van der Waals surface area contributed by atoms with Gasteiger partial charge in [-0.1, -0.05) is 47.6 Å². The number of ketones is 1. The second kappa shape index (κ2) is 6.32. The van der Waals surface area contributed by atoms with Crippen LogP contribution >= 0.6 is 0 Å². The summed E-state index contributed by atoms with van der Waals surface area (Å²) < 4.78 is 0. The number of oxime groups is 1. The molecule has 0 saturated heterocycles. The van der Waals surface area contributed by atoms with E-state index < -0.39 is 0 Å². The Kier molecular flexibility index (Phi) is 4.21. The van der Waals surface area contributed by atoms with Crippen LogP contribution in [0.4, 0.5) is 0 Å². The molecule has 0 aliphatic carbocycles. The van der Waals surface area contributed by atoms with E-state index in [4.69, 9.17) is 5.21 Å². The molecule has 1 aliphatic heterocycles. The first-order valence-corrected chi connectivity index (χ1v) is 7.88. The maximum absolute atomic E-state index is 12.5. The third kappa shape index (κ3) is 3.38. The number of hydrogen-bond acceptors (Lipinski definition) is 4. The summed E-state index contributed by atoms with van der Waals surface area (Å²) in [6, 6.07) is 15.1. The van der Waals surface area contributed by atoms with Crippen LogP contribution in [0.5, 0.6) is 0 Å². The molecule has 24 heavy (non-hydrogen) atoms. The van der Waals surface area contributed by atoms with Crippen molar-refractivity contribution in [3.05, 3.63) is 76.9 Å². The fourth-order valence-corrected chi connectivity index (χ4v) is 3.05. The van der Waals surface area contributed by atoms with E-state index in [-0.39, 0.29) is 11.3 Å². The van der Waals surface area contributed by atoms with Crippen molar-refractivity contribution in [2.24, 2.45) is 5.16 Å². The van der Waals surface area contributed by atoms with Crippen LogP contribution in [0.25, 0.3) is 5.70 Å². The van der Waals surface area contributed by atoms with Crippen molar-refractivity contribution in [1.82, 2.24) is 5.32 Å². The van der Waals surface area contributed by atoms with Gasteiger partial charge < -0.3 is 10.5 Å². The SMILES string of the molecule is CC1(C)Cc2cc(C=NO)ccc2/C(=C/C(=O)c2ccccc2)N1. The average molecular weight is 320 g/mol. The zero-order chi connectivity index (χ0) is 17.2. The zero-order valence-corrected chi connectivity index (χ0v) is 13.8. The molecule has 2 N–H and O–H groups in total. The minimum absolute atomic E-state index is 0.0252. The van der Waals surface area contributed by atoms with Gasteiger partial charge >= 0.3 is 0 Å². The molecule has 1 heterocycles. The molecule has 0 atom stereocenters. The van der Waals surface area contributed by atoms with Gasteiger partial charge in [-0.05, 0) is 37.5 Å². The molecule has 0 amide bonds. The minimum atomic E-state index is -0.162. The maximum Gasteiger partial charge on any atom is 0.187 e. The Bertz CT molecular complexity index is 821. The Morgan fingerprint density at radius 1 is 1.21 bits per heavy atom. The highest BCUT2D eigenvalue weighted by molar-refractivity contribution is 6.08. The maximum atomic E-state index is 12.5. The van der Waals surface area contributed by atoms with Gasteiger partial charge in [-0.3, -0.25) is 4.79 Å². The monoisotopic (exact) mass is 320 g/mol. The number of benzene rings is 2. The van der Waals surface area contributed by atoms with Gasteiger partial charge in [-0.25, -0.2) is 0 Å². The van der Waals surface area contributed by atoms with Crippen molar-refractivity contribution in [1.29, 1.82) is 0 Å². The largest absolute Gasteiger partial charge is 0.411 e. The molecule has 0 spiro atoms. The second-order valence-electron chi connectivity index (χ2n) is 6.64. The standard InChI is InChI=1S/C20H20N2O2/c1-20(2)12-16-10-14(13-21-24)8-9-17(16)18(22-20)11-19(23)15-6-4-3-5-7-15/h3-11,13,22,24H,12H2,1-2H3/b18-11-,21-13?. The topological polar surface area (TPSA) is 61.7 Å². The van der Waals surface area contributed by atoms with Crippen LogP contribution in [0.1, 0.15) is 40.9 Å². The van der Waals surface area contributed by atoms with Crippen molar-refractivity contribution in [2.75, 3.05) is 0 Å². The van der Waals surface area contributed by atoms with Gasteiger partial charge in [0, 0.05) is 28.4 Å². The van der Waals surface area contributed by atoms with Gasteiger partial charge in [-0.15, -0.1) is 0 Å². The fourth-order valence-electron chi connectivity index (χ4n) is 3.05. The van der Waals surface area contributed by atoms with E-state index in [1.165, 1.54) is 6.21 Å². The van der Waals surface area contributed by atoms with Crippen LogP contribution in [-0.4, -0.2) is 22.7 Å². The van der Waals surface area contributed by atoms with Gasteiger partial charge in [0.05, 0.1) is 6.21 Å². The molecule has 0 aromatic heterocycles. The molecule has 2 aromatic rings.